The van der Waals surface area contributed by atoms with Gasteiger partial charge in [0, 0.05) is 12.5 Å². The first-order valence-electron chi connectivity index (χ1n) is 5.27. The SMILES string of the molecule is O=Cc1nnn(CC2CC2)c1C1CC1. The van der Waals surface area contributed by atoms with Gasteiger partial charge in [-0.25, -0.2) is 4.68 Å². The Kier molecular flexibility index (Phi) is 1.69. The van der Waals surface area contributed by atoms with E-state index in [-0.39, 0.29) is 0 Å². The van der Waals surface area contributed by atoms with Crippen LogP contribution in [0.1, 0.15) is 47.8 Å². The lowest BCUT2D eigenvalue weighted by atomic mass is 10.2. The number of hydrogen-bond donors (Lipinski definition) is 0. The first-order valence-corrected chi connectivity index (χ1v) is 5.27. The molecular formula is C10H13N3O. The van der Waals surface area contributed by atoms with Gasteiger partial charge in [-0.05, 0) is 31.6 Å². The fourth-order valence-electron chi connectivity index (χ4n) is 1.87. The van der Waals surface area contributed by atoms with Crippen LogP contribution in [0.4, 0.5) is 0 Å². The number of rotatable bonds is 4. The van der Waals surface area contributed by atoms with Crippen LogP contribution < -0.4 is 0 Å². The molecule has 4 heteroatoms. The van der Waals surface area contributed by atoms with Gasteiger partial charge < -0.3 is 0 Å². The molecule has 14 heavy (non-hydrogen) atoms. The molecule has 0 spiro atoms. The van der Waals surface area contributed by atoms with Crippen LogP contribution in [0.5, 0.6) is 0 Å². The Balaban J connectivity index is 1.91. The van der Waals surface area contributed by atoms with Gasteiger partial charge in [0.25, 0.3) is 0 Å². The molecule has 0 saturated heterocycles. The molecule has 2 aliphatic carbocycles. The third-order valence-corrected chi connectivity index (χ3v) is 3.00. The summed E-state index contributed by atoms with van der Waals surface area (Å²) in [4.78, 5) is 10.8. The van der Waals surface area contributed by atoms with Gasteiger partial charge in [0.1, 0.15) is 5.69 Å². The van der Waals surface area contributed by atoms with Gasteiger partial charge in [-0.3, -0.25) is 4.79 Å². The van der Waals surface area contributed by atoms with Gasteiger partial charge in [0.2, 0.25) is 0 Å². The topological polar surface area (TPSA) is 47.8 Å². The van der Waals surface area contributed by atoms with E-state index < -0.39 is 0 Å². The molecule has 0 atom stereocenters. The third-order valence-electron chi connectivity index (χ3n) is 3.00. The van der Waals surface area contributed by atoms with Crippen molar-refractivity contribution in [3.05, 3.63) is 11.4 Å². The molecule has 4 nitrogen and oxygen atoms in total. The molecular weight excluding hydrogens is 178 g/mol. The van der Waals surface area contributed by atoms with Crippen molar-refractivity contribution in [3.8, 4) is 0 Å². The summed E-state index contributed by atoms with van der Waals surface area (Å²) >= 11 is 0. The zero-order chi connectivity index (χ0) is 9.54. The van der Waals surface area contributed by atoms with Crippen molar-refractivity contribution >= 4 is 6.29 Å². The summed E-state index contributed by atoms with van der Waals surface area (Å²) in [5.74, 6) is 1.35. The number of nitrogens with zero attached hydrogens (tertiary/aromatic N) is 3. The Labute approximate surface area is 82.3 Å². The Hall–Kier alpha value is -1.19. The van der Waals surface area contributed by atoms with Crippen molar-refractivity contribution in [1.82, 2.24) is 15.0 Å². The van der Waals surface area contributed by atoms with E-state index in [0.717, 1.165) is 24.4 Å². The smallest absolute Gasteiger partial charge is 0.172 e. The summed E-state index contributed by atoms with van der Waals surface area (Å²) in [5.41, 5.74) is 1.65. The molecule has 74 valence electrons. The molecule has 1 aromatic heterocycles. The molecule has 1 aromatic rings. The predicted molar refractivity (Wildman–Crippen MR) is 50.1 cm³/mol. The Morgan fingerprint density at radius 3 is 2.71 bits per heavy atom. The largest absolute Gasteiger partial charge is 0.296 e. The van der Waals surface area contributed by atoms with Crippen molar-refractivity contribution in [2.45, 2.75) is 38.1 Å². The van der Waals surface area contributed by atoms with Gasteiger partial charge >= 0.3 is 0 Å². The molecule has 1 heterocycles. The summed E-state index contributed by atoms with van der Waals surface area (Å²) in [5, 5.41) is 7.99. The molecule has 0 amide bonds. The monoisotopic (exact) mass is 191 g/mol. The normalized spacial score (nSPS) is 21.1. The van der Waals surface area contributed by atoms with E-state index in [1.54, 1.807) is 0 Å². The van der Waals surface area contributed by atoms with Crippen LogP contribution in [-0.4, -0.2) is 21.3 Å². The van der Waals surface area contributed by atoms with Crippen molar-refractivity contribution in [2.24, 2.45) is 5.92 Å². The molecule has 0 bridgehead atoms. The highest BCUT2D eigenvalue weighted by molar-refractivity contribution is 5.73. The fourth-order valence-corrected chi connectivity index (χ4v) is 1.87. The lowest BCUT2D eigenvalue weighted by Gasteiger charge is -2.03. The maximum atomic E-state index is 10.8. The van der Waals surface area contributed by atoms with Crippen molar-refractivity contribution in [2.75, 3.05) is 0 Å². The van der Waals surface area contributed by atoms with E-state index in [2.05, 4.69) is 10.3 Å². The molecule has 2 aliphatic rings. The second-order valence-electron chi connectivity index (χ2n) is 4.38. The van der Waals surface area contributed by atoms with Crippen molar-refractivity contribution < 1.29 is 4.79 Å². The van der Waals surface area contributed by atoms with E-state index in [9.17, 15) is 4.79 Å². The average molecular weight is 191 g/mol. The number of carbonyl (C=O) groups is 1. The van der Waals surface area contributed by atoms with Gasteiger partial charge in [0.05, 0.1) is 5.69 Å². The number of aldehydes is 1. The number of carbonyl (C=O) groups excluding carboxylic acids is 1. The maximum Gasteiger partial charge on any atom is 0.172 e. The summed E-state index contributed by atoms with van der Waals surface area (Å²) in [6.45, 7) is 0.965. The van der Waals surface area contributed by atoms with Gasteiger partial charge in [-0.1, -0.05) is 5.21 Å². The Morgan fingerprint density at radius 2 is 2.14 bits per heavy atom. The fraction of sp³-hybridized carbons (Fsp3) is 0.700. The second-order valence-corrected chi connectivity index (χ2v) is 4.38. The van der Waals surface area contributed by atoms with E-state index in [4.69, 9.17) is 0 Å². The van der Waals surface area contributed by atoms with E-state index in [0.29, 0.717) is 11.6 Å². The lowest BCUT2D eigenvalue weighted by molar-refractivity contribution is 0.111. The first kappa shape index (κ1) is 8.15. The lowest BCUT2D eigenvalue weighted by Crippen LogP contribution is -2.06. The predicted octanol–water partition coefficient (Wildman–Crippen LogP) is 1.38. The van der Waals surface area contributed by atoms with Crippen LogP contribution in [0, 0.1) is 5.92 Å². The van der Waals surface area contributed by atoms with Gasteiger partial charge in [0.15, 0.2) is 6.29 Å². The van der Waals surface area contributed by atoms with Crippen LogP contribution >= 0.6 is 0 Å². The van der Waals surface area contributed by atoms with Gasteiger partial charge in [-0.2, -0.15) is 0 Å². The van der Waals surface area contributed by atoms with E-state index >= 15 is 0 Å². The standard InChI is InChI=1S/C10H13N3O/c14-6-9-10(8-3-4-8)13(12-11-9)5-7-1-2-7/h6-8H,1-5H2. The molecule has 0 N–H and O–H groups in total. The maximum absolute atomic E-state index is 10.8. The van der Waals surface area contributed by atoms with Crippen LogP contribution in [-0.2, 0) is 6.54 Å². The zero-order valence-corrected chi connectivity index (χ0v) is 8.02. The third kappa shape index (κ3) is 1.35. The Bertz CT molecular complexity index is 363. The molecule has 0 aliphatic heterocycles. The van der Waals surface area contributed by atoms with Crippen LogP contribution in [0.25, 0.3) is 0 Å². The van der Waals surface area contributed by atoms with Crippen LogP contribution in [0.15, 0.2) is 0 Å². The molecule has 2 saturated carbocycles. The summed E-state index contributed by atoms with van der Waals surface area (Å²) in [6, 6.07) is 0. The van der Waals surface area contributed by atoms with Crippen molar-refractivity contribution in [3.63, 3.8) is 0 Å². The van der Waals surface area contributed by atoms with Crippen molar-refractivity contribution in [1.29, 1.82) is 0 Å². The van der Waals surface area contributed by atoms with Crippen LogP contribution in [0.3, 0.4) is 0 Å². The molecule has 2 fully saturated rings. The van der Waals surface area contributed by atoms with E-state index in [1.165, 1.54) is 25.7 Å². The molecule has 0 unspecified atom stereocenters. The summed E-state index contributed by atoms with van der Waals surface area (Å²) in [6.07, 6.45) is 5.84. The average Bonchev–Trinajstić information content (AvgIpc) is 3.07. The minimum atomic E-state index is 0.559. The first-order chi connectivity index (χ1) is 6.88. The number of aromatic nitrogens is 3. The molecule has 3 rings (SSSR count). The number of hydrogen-bond acceptors (Lipinski definition) is 3. The summed E-state index contributed by atoms with van der Waals surface area (Å²) in [7, 11) is 0. The highest BCUT2D eigenvalue weighted by Gasteiger charge is 2.33. The highest BCUT2D eigenvalue weighted by Crippen LogP contribution is 2.41. The Morgan fingerprint density at radius 1 is 1.36 bits per heavy atom. The van der Waals surface area contributed by atoms with E-state index in [1.807, 2.05) is 4.68 Å². The highest BCUT2D eigenvalue weighted by atomic mass is 16.1. The molecule has 0 radical (unpaired) electrons. The quantitative estimate of drug-likeness (QED) is 0.675. The second kappa shape index (κ2) is 2.90. The minimum absolute atomic E-state index is 0.559. The van der Waals surface area contributed by atoms with Crippen LogP contribution in [0.2, 0.25) is 0 Å². The summed E-state index contributed by atoms with van der Waals surface area (Å²) < 4.78 is 1.96. The van der Waals surface area contributed by atoms with Gasteiger partial charge in [-0.15, -0.1) is 5.10 Å². The minimum Gasteiger partial charge on any atom is -0.296 e. The zero-order valence-electron chi connectivity index (χ0n) is 8.02. The molecule has 0 aromatic carbocycles.